The zero-order chi connectivity index (χ0) is 25.8. The maximum Gasteiger partial charge on any atom is 0.252 e. The van der Waals surface area contributed by atoms with Crippen molar-refractivity contribution in [3.05, 3.63) is 47.8 Å². The third-order valence-electron chi connectivity index (χ3n) is 6.67. The van der Waals surface area contributed by atoms with E-state index in [1.54, 1.807) is 12.1 Å². The second kappa shape index (κ2) is 10.9. The van der Waals surface area contributed by atoms with Crippen LogP contribution in [0.25, 0.3) is 11.0 Å². The number of methoxy groups -OCH3 is 3. The molecule has 1 saturated heterocycles. The average Bonchev–Trinajstić information content (AvgIpc) is 3.34. The van der Waals surface area contributed by atoms with E-state index >= 15 is 0 Å². The summed E-state index contributed by atoms with van der Waals surface area (Å²) in [6, 6.07) is 10.4. The van der Waals surface area contributed by atoms with E-state index in [9.17, 15) is 9.59 Å². The lowest BCUT2D eigenvalue weighted by atomic mass is 9.95. The summed E-state index contributed by atoms with van der Waals surface area (Å²) in [5, 5.41) is 2.94. The number of carbonyl (C=O) groups excluding carboxylic acids is 2. The molecule has 2 aromatic carbocycles. The Morgan fingerprint density at radius 1 is 1.08 bits per heavy atom. The number of para-hydroxylation sites is 2. The number of imidazole rings is 1. The van der Waals surface area contributed by atoms with Crippen LogP contribution in [0, 0.1) is 5.92 Å². The molecule has 2 heterocycles. The standard InChI is InChI=1S/C27H34N4O5/c1-16(2)23(30-26(32)18-13-21(34-3)24(36-5)22(14-18)35-4)27(33)31-12-8-9-17(15-31)25-28-19-10-6-7-11-20(19)29-25/h6-7,10-11,13-14,16-17,23H,8-9,12,15H2,1-5H3,(H,28,29)(H,30,32). The first-order chi connectivity index (χ1) is 17.4. The second-order valence-corrected chi connectivity index (χ2v) is 9.37. The van der Waals surface area contributed by atoms with Crippen LogP contribution in [0.5, 0.6) is 17.2 Å². The Balaban J connectivity index is 1.51. The Bertz CT molecular complexity index is 1180. The first kappa shape index (κ1) is 25.3. The number of amides is 2. The van der Waals surface area contributed by atoms with E-state index in [-0.39, 0.29) is 23.7 Å². The smallest absolute Gasteiger partial charge is 0.252 e. The molecule has 36 heavy (non-hydrogen) atoms. The van der Waals surface area contributed by atoms with Gasteiger partial charge in [0.25, 0.3) is 5.91 Å². The van der Waals surface area contributed by atoms with Gasteiger partial charge in [0.15, 0.2) is 11.5 Å². The van der Waals surface area contributed by atoms with Crippen LogP contribution in [0.3, 0.4) is 0 Å². The van der Waals surface area contributed by atoms with Crippen molar-refractivity contribution in [1.82, 2.24) is 20.2 Å². The van der Waals surface area contributed by atoms with E-state index in [1.807, 2.05) is 43.0 Å². The van der Waals surface area contributed by atoms with Gasteiger partial charge in [-0.05, 0) is 43.0 Å². The number of nitrogens with zero attached hydrogens (tertiary/aromatic N) is 2. The van der Waals surface area contributed by atoms with Crippen molar-refractivity contribution in [2.75, 3.05) is 34.4 Å². The van der Waals surface area contributed by atoms with Crippen LogP contribution in [-0.2, 0) is 4.79 Å². The fraction of sp³-hybridized carbons (Fsp3) is 0.444. The molecule has 1 aliphatic heterocycles. The quantitative estimate of drug-likeness (QED) is 0.494. The van der Waals surface area contributed by atoms with Gasteiger partial charge in [-0.3, -0.25) is 9.59 Å². The predicted molar refractivity (Wildman–Crippen MR) is 137 cm³/mol. The van der Waals surface area contributed by atoms with E-state index in [1.165, 1.54) is 21.3 Å². The Labute approximate surface area is 211 Å². The summed E-state index contributed by atoms with van der Waals surface area (Å²) in [6.07, 6.45) is 1.83. The zero-order valence-corrected chi connectivity index (χ0v) is 21.5. The average molecular weight is 495 g/mol. The SMILES string of the molecule is COc1cc(C(=O)NC(C(=O)N2CCCC(c3nc4ccccc4[nH]3)C2)C(C)C)cc(OC)c1OC. The van der Waals surface area contributed by atoms with Crippen molar-refractivity contribution >= 4 is 22.8 Å². The minimum atomic E-state index is -0.675. The highest BCUT2D eigenvalue weighted by molar-refractivity contribution is 5.98. The molecule has 0 saturated carbocycles. The molecule has 2 amide bonds. The molecule has 4 rings (SSSR count). The van der Waals surface area contributed by atoms with Crippen molar-refractivity contribution in [2.24, 2.45) is 5.92 Å². The molecule has 2 unspecified atom stereocenters. The second-order valence-electron chi connectivity index (χ2n) is 9.37. The molecule has 2 N–H and O–H groups in total. The van der Waals surface area contributed by atoms with Crippen LogP contribution in [-0.4, -0.2) is 67.1 Å². The number of nitrogens with one attached hydrogen (secondary N) is 2. The van der Waals surface area contributed by atoms with Crippen LogP contribution in [0.4, 0.5) is 0 Å². The maximum absolute atomic E-state index is 13.6. The Hall–Kier alpha value is -3.75. The molecule has 1 aliphatic rings. The van der Waals surface area contributed by atoms with Gasteiger partial charge >= 0.3 is 0 Å². The summed E-state index contributed by atoms with van der Waals surface area (Å²) in [6.45, 7) is 5.07. The monoisotopic (exact) mass is 494 g/mol. The number of aromatic amines is 1. The zero-order valence-electron chi connectivity index (χ0n) is 21.5. The molecule has 192 valence electrons. The summed E-state index contributed by atoms with van der Waals surface area (Å²) in [4.78, 5) is 36.8. The number of H-pyrrole nitrogens is 1. The number of benzene rings is 2. The molecule has 3 aromatic rings. The minimum absolute atomic E-state index is 0.0911. The highest BCUT2D eigenvalue weighted by atomic mass is 16.5. The number of ether oxygens (including phenoxy) is 3. The van der Waals surface area contributed by atoms with Crippen molar-refractivity contribution < 1.29 is 23.8 Å². The number of rotatable bonds is 8. The van der Waals surface area contributed by atoms with Crippen LogP contribution in [0.15, 0.2) is 36.4 Å². The van der Waals surface area contributed by atoms with Crippen molar-refractivity contribution in [3.63, 3.8) is 0 Å². The highest BCUT2D eigenvalue weighted by Gasteiger charge is 2.33. The largest absolute Gasteiger partial charge is 0.493 e. The highest BCUT2D eigenvalue weighted by Crippen LogP contribution is 2.38. The first-order valence-electron chi connectivity index (χ1n) is 12.2. The Morgan fingerprint density at radius 3 is 2.39 bits per heavy atom. The molecule has 0 spiro atoms. The number of hydrogen-bond donors (Lipinski definition) is 2. The first-order valence-corrected chi connectivity index (χ1v) is 12.2. The number of aromatic nitrogens is 2. The lowest BCUT2D eigenvalue weighted by Gasteiger charge is -2.35. The van der Waals surface area contributed by atoms with Gasteiger partial charge in [0.1, 0.15) is 11.9 Å². The van der Waals surface area contributed by atoms with Gasteiger partial charge in [-0.1, -0.05) is 26.0 Å². The van der Waals surface area contributed by atoms with E-state index in [0.29, 0.717) is 35.9 Å². The molecule has 2 atom stereocenters. The fourth-order valence-electron chi connectivity index (χ4n) is 4.71. The van der Waals surface area contributed by atoms with E-state index in [2.05, 4.69) is 10.3 Å². The lowest BCUT2D eigenvalue weighted by Crippen LogP contribution is -2.53. The minimum Gasteiger partial charge on any atom is -0.493 e. The van der Waals surface area contributed by atoms with Gasteiger partial charge in [-0.15, -0.1) is 0 Å². The lowest BCUT2D eigenvalue weighted by molar-refractivity contribution is -0.135. The summed E-state index contributed by atoms with van der Waals surface area (Å²) in [5.41, 5.74) is 2.24. The Morgan fingerprint density at radius 2 is 1.78 bits per heavy atom. The van der Waals surface area contributed by atoms with E-state index in [0.717, 1.165) is 29.7 Å². The van der Waals surface area contributed by atoms with E-state index < -0.39 is 6.04 Å². The summed E-state index contributed by atoms with van der Waals surface area (Å²) in [7, 11) is 4.49. The number of carbonyl (C=O) groups is 2. The van der Waals surface area contributed by atoms with Crippen molar-refractivity contribution in [1.29, 1.82) is 0 Å². The summed E-state index contributed by atoms with van der Waals surface area (Å²) in [5.74, 6) is 1.59. The Kier molecular flexibility index (Phi) is 7.67. The third kappa shape index (κ3) is 5.10. The van der Waals surface area contributed by atoms with Crippen LogP contribution in [0.1, 0.15) is 48.8 Å². The maximum atomic E-state index is 13.6. The van der Waals surface area contributed by atoms with Crippen LogP contribution < -0.4 is 19.5 Å². The van der Waals surface area contributed by atoms with Crippen LogP contribution >= 0.6 is 0 Å². The van der Waals surface area contributed by atoms with Crippen molar-refractivity contribution in [2.45, 2.75) is 38.6 Å². The molecule has 9 heteroatoms. The number of fused-ring (bicyclic) bond motifs is 1. The van der Waals surface area contributed by atoms with Crippen molar-refractivity contribution in [3.8, 4) is 17.2 Å². The molecule has 0 radical (unpaired) electrons. The van der Waals surface area contributed by atoms with Gasteiger partial charge in [-0.2, -0.15) is 0 Å². The summed E-state index contributed by atoms with van der Waals surface area (Å²) < 4.78 is 16.1. The summed E-state index contributed by atoms with van der Waals surface area (Å²) >= 11 is 0. The third-order valence-corrected chi connectivity index (χ3v) is 6.67. The predicted octanol–water partition coefficient (Wildman–Crippen LogP) is 3.75. The van der Waals surface area contributed by atoms with Crippen LogP contribution in [0.2, 0.25) is 0 Å². The molecule has 0 bridgehead atoms. The molecule has 1 fully saturated rings. The van der Waals surface area contributed by atoms with Gasteiger partial charge in [0.2, 0.25) is 11.7 Å². The van der Waals surface area contributed by atoms with Gasteiger partial charge < -0.3 is 29.4 Å². The molecule has 9 nitrogen and oxygen atoms in total. The number of hydrogen-bond acceptors (Lipinski definition) is 6. The topological polar surface area (TPSA) is 106 Å². The fourth-order valence-corrected chi connectivity index (χ4v) is 4.71. The molecule has 1 aromatic heterocycles. The van der Waals surface area contributed by atoms with E-state index in [4.69, 9.17) is 19.2 Å². The normalized spacial score (nSPS) is 16.6. The molecular weight excluding hydrogens is 460 g/mol. The molecular formula is C27H34N4O5. The molecule has 0 aliphatic carbocycles. The number of likely N-dealkylation sites (tertiary alicyclic amines) is 1. The number of piperidine rings is 1. The van der Waals surface area contributed by atoms with Gasteiger partial charge in [0, 0.05) is 24.6 Å². The van der Waals surface area contributed by atoms with Gasteiger partial charge in [0.05, 0.1) is 32.4 Å². The van der Waals surface area contributed by atoms with Gasteiger partial charge in [-0.25, -0.2) is 4.98 Å².